The van der Waals surface area contributed by atoms with Crippen LogP contribution in [0.25, 0.3) is 11.1 Å². The topological polar surface area (TPSA) is 58.6 Å². The van der Waals surface area contributed by atoms with Gasteiger partial charge in [-0.2, -0.15) is 0 Å². The molecule has 4 rings (SSSR count). The largest absolute Gasteiger partial charge is 0.449 e. The van der Waals surface area contributed by atoms with Gasteiger partial charge in [-0.05, 0) is 28.7 Å². The highest BCUT2D eigenvalue weighted by molar-refractivity contribution is 5.79. The van der Waals surface area contributed by atoms with E-state index in [4.69, 9.17) is 9.84 Å². The Hall–Kier alpha value is -2.33. The summed E-state index contributed by atoms with van der Waals surface area (Å²) in [6.45, 7) is 0.449. The van der Waals surface area contributed by atoms with E-state index in [2.05, 4.69) is 29.6 Å². The van der Waals surface area contributed by atoms with Gasteiger partial charge in [0.15, 0.2) is 0 Å². The lowest BCUT2D eigenvalue weighted by Gasteiger charge is -2.14. The molecule has 23 heavy (non-hydrogen) atoms. The van der Waals surface area contributed by atoms with Gasteiger partial charge in [0.2, 0.25) is 0 Å². The Morgan fingerprint density at radius 2 is 1.70 bits per heavy atom. The fourth-order valence-corrected chi connectivity index (χ4v) is 3.42. The fraction of sp³-hybridized carbons (Fsp3) is 0.316. The lowest BCUT2D eigenvalue weighted by Crippen LogP contribution is -2.29. The van der Waals surface area contributed by atoms with Gasteiger partial charge in [-0.15, -0.1) is 0 Å². The minimum atomic E-state index is -0.396. The molecule has 0 heterocycles. The van der Waals surface area contributed by atoms with E-state index < -0.39 is 6.09 Å². The molecule has 0 radical (unpaired) electrons. The van der Waals surface area contributed by atoms with E-state index in [-0.39, 0.29) is 24.5 Å². The number of carbonyl (C=O) groups excluding carboxylic acids is 1. The average Bonchev–Trinajstić information content (AvgIpc) is 3.26. The molecule has 0 saturated heterocycles. The third-order valence-electron chi connectivity index (χ3n) is 4.80. The minimum absolute atomic E-state index is 0.0654. The number of benzene rings is 2. The monoisotopic (exact) mass is 309 g/mol. The van der Waals surface area contributed by atoms with Crippen LogP contribution in [0.3, 0.4) is 0 Å². The van der Waals surface area contributed by atoms with Crippen LogP contribution in [0.15, 0.2) is 48.5 Å². The zero-order valence-electron chi connectivity index (χ0n) is 12.7. The van der Waals surface area contributed by atoms with Crippen molar-refractivity contribution in [1.82, 2.24) is 5.32 Å². The average molecular weight is 309 g/mol. The molecule has 1 amide bonds. The van der Waals surface area contributed by atoms with Crippen molar-refractivity contribution in [3.8, 4) is 11.1 Å². The van der Waals surface area contributed by atoms with Gasteiger partial charge in [0, 0.05) is 24.5 Å². The molecule has 118 valence electrons. The predicted octanol–water partition coefficient (Wildman–Crippen LogP) is 2.91. The molecule has 2 N–H and O–H groups in total. The standard InChI is InChI=1S/C19H19NO3/c21-10-12-9-18(12)20-19(22)23-11-17-15-7-3-1-5-13(15)14-6-2-4-8-16(14)17/h1-8,12,17-18,21H,9-11H2,(H,20,22)/t12-,18+/m0/s1. The Labute approximate surface area is 135 Å². The fourth-order valence-electron chi connectivity index (χ4n) is 3.42. The third-order valence-corrected chi connectivity index (χ3v) is 4.80. The number of aliphatic hydroxyl groups excluding tert-OH is 1. The number of fused-ring (bicyclic) bond motifs is 3. The molecule has 2 aliphatic carbocycles. The SMILES string of the molecule is O=C(N[C@@H]1C[C@H]1CO)OCC1c2ccccc2-c2ccccc21. The summed E-state index contributed by atoms with van der Waals surface area (Å²) in [4.78, 5) is 11.9. The van der Waals surface area contributed by atoms with Crippen molar-refractivity contribution in [2.75, 3.05) is 13.2 Å². The Bertz CT molecular complexity index is 697. The number of hydrogen-bond donors (Lipinski definition) is 2. The van der Waals surface area contributed by atoms with Crippen LogP contribution in [-0.4, -0.2) is 30.5 Å². The maximum absolute atomic E-state index is 11.9. The predicted molar refractivity (Wildman–Crippen MR) is 87.2 cm³/mol. The second kappa shape index (κ2) is 5.70. The smallest absolute Gasteiger partial charge is 0.407 e. The van der Waals surface area contributed by atoms with Crippen molar-refractivity contribution >= 4 is 6.09 Å². The summed E-state index contributed by atoms with van der Waals surface area (Å²) in [5.74, 6) is 0.275. The molecule has 1 saturated carbocycles. The molecular weight excluding hydrogens is 290 g/mol. The van der Waals surface area contributed by atoms with Crippen molar-refractivity contribution in [2.45, 2.75) is 18.4 Å². The molecule has 2 atom stereocenters. The lowest BCUT2D eigenvalue weighted by molar-refractivity contribution is 0.141. The molecule has 1 fully saturated rings. The number of ether oxygens (including phenoxy) is 1. The highest BCUT2D eigenvalue weighted by Gasteiger charge is 2.38. The van der Waals surface area contributed by atoms with Crippen molar-refractivity contribution in [1.29, 1.82) is 0 Å². The maximum atomic E-state index is 11.9. The van der Waals surface area contributed by atoms with Crippen molar-refractivity contribution in [3.05, 3.63) is 59.7 Å². The summed E-state index contributed by atoms with van der Waals surface area (Å²) >= 11 is 0. The first-order valence-corrected chi connectivity index (χ1v) is 8.00. The third kappa shape index (κ3) is 2.59. The Balaban J connectivity index is 1.47. The van der Waals surface area contributed by atoms with Crippen LogP contribution in [0.1, 0.15) is 23.5 Å². The van der Waals surface area contributed by atoms with Crippen molar-refractivity contribution in [2.24, 2.45) is 5.92 Å². The van der Waals surface area contributed by atoms with Crippen LogP contribution in [0.2, 0.25) is 0 Å². The number of hydrogen-bond acceptors (Lipinski definition) is 3. The van der Waals surface area contributed by atoms with Gasteiger partial charge in [-0.25, -0.2) is 4.79 Å². The number of aliphatic hydroxyl groups is 1. The first kappa shape index (κ1) is 14.3. The van der Waals surface area contributed by atoms with Gasteiger partial charge in [0.05, 0.1) is 0 Å². The molecule has 0 bridgehead atoms. The van der Waals surface area contributed by atoms with E-state index in [1.165, 1.54) is 22.3 Å². The second-order valence-electron chi connectivity index (χ2n) is 6.25. The molecule has 2 aromatic carbocycles. The number of alkyl carbamates (subject to hydrolysis) is 1. The summed E-state index contributed by atoms with van der Waals surface area (Å²) in [7, 11) is 0. The molecular formula is C19H19NO3. The number of rotatable bonds is 4. The normalized spacial score (nSPS) is 21.4. The zero-order valence-corrected chi connectivity index (χ0v) is 12.7. The number of nitrogens with one attached hydrogen (secondary N) is 1. The van der Waals surface area contributed by atoms with Gasteiger partial charge in [0.1, 0.15) is 6.61 Å². The quantitative estimate of drug-likeness (QED) is 0.913. The highest BCUT2D eigenvalue weighted by Crippen LogP contribution is 2.44. The van der Waals surface area contributed by atoms with Gasteiger partial charge >= 0.3 is 6.09 Å². The van der Waals surface area contributed by atoms with Crippen molar-refractivity contribution < 1.29 is 14.6 Å². The molecule has 4 nitrogen and oxygen atoms in total. The first-order valence-electron chi connectivity index (χ1n) is 8.00. The van der Waals surface area contributed by atoms with E-state index in [1.54, 1.807) is 0 Å². The Kier molecular flexibility index (Phi) is 3.54. The van der Waals surface area contributed by atoms with Crippen molar-refractivity contribution in [3.63, 3.8) is 0 Å². The summed E-state index contributed by atoms with van der Waals surface area (Å²) in [5.41, 5.74) is 4.86. The first-order chi connectivity index (χ1) is 11.3. The van der Waals surface area contributed by atoms with Crippen LogP contribution >= 0.6 is 0 Å². The summed E-state index contributed by atoms with van der Waals surface area (Å²) in [6, 6.07) is 16.6. The van der Waals surface area contributed by atoms with Crippen LogP contribution in [0, 0.1) is 5.92 Å². The van der Waals surface area contributed by atoms with E-state index in [0.717, 1.165) is 6.42 Å². The molecule has 4 heteroatoms. The zero-order chi connectivity index (χ0) is 15.8. The van der Waals surface area contributed by atoms with Crippen LogP contribution in [-0.2, 0) is 4.74 Å². The Morgan fingerprint density at radius 1 is 1.09 bits per heavy atom. The molecule has 0 spiro atoms. The minimum Gasteiger partial charge on any atom is -0.449 e. The maximum Gasteiger partial charge on any atom is 0.407 e. The second-order valence-corrected chi connectivity index (χ2v) is 6.25. The van der Waals surface area contributed by atoms with E-state index in [0.29, 0.717) is 6.61 Å². The summed E-state index contributed by atoms with van der Waals surface area (Å²) < 4.78 is 5.45. The van der Waals surface area contributed by atoms with E-state index in [9.17, 15) is 4.79 Å². The number of carbonyl (C=O) groups is 1. The van der Waals surface area contributed by atoms with Gasteiger partial charge < -0.3 is 15.2 Å². The van der Waals surface area contributed by atoms with Crippen LogP contribution in [0.5, 0.6) is 0 Å². The van der Waals surface area contributed by atoms with Gasteiger partial charge in [-0.3, -0.25) is 0 Å². The molecule has 2 aromatic rings. The molecule has 2 aliphatic rings. The summed E-state index contributed by atoms with van der Waals surface area (Å²) in [5, 5.41) is 11.8. The van der Waals surface area contributed by atoms with Gasteiger partial charge in [0.25, 0.3) is 0 Å². The summed E-state index contributed by atoms with van der Waals surface area (Å²) in [6.07, 6.45) is 0.438. The molecule has 0 aliphatic heterocycles. The molecule has 0 aromatic heterocycles. The van der Waals surface area contributed by atoms with Crippen LogP contribution in [0.4, 0.5) is 4.79 Å². The molecule has 0 unspecified atom stereocenters. The van der Waals surface area contributed by atoms with E-state index >= 15 is 0 Å². The lowest BCUT2D eigenvalue weighted by atomic mass is 9.98. The number of amides is 1. The highest BCUT2D eigenvalue weighted by atomic mass is 16.5. The Morgan fingerprint density at radius 3 is 2.26 bits per heavy atom. The van der Waals surface area contributed by atoms with Gasteiger partial charge in [-0.1, -0.05) is 48.5 Å². The van der Waals surface area contributed by atoms with E-state index in [1.807, 2.05) is 24.3 Å². The van der Waals surface area contributed by atoms with Crippen LogP contribution < -0.4 is 5.32 Å².